The van der Waals surface area contributed by atoms with Crippen LogP contribution in [0.4, 0.5) is 0 Å². The summed E-state index contributed by atoms with van der Waals surface area (Å²) in [6.45, 7) is 8.48. The lowest BCUT2D eigenvalue weighted by Gasteiger charge is -2.23. The summed E-state index contributed by atoms with van der Waals surface area (Å²) in [5.41, 5.74) is 7.09. The Hall–Kier alpha value is -1.40. The molecule has 118 valence electrons. The fourth-order valence-electron chi connectivity index (χ4n) is 2.78. The van der Waals surface area contributed by atoms with Crippen LogP contribution in [0.15, 0.2) is 6.20 Å². The predicted octanol–water partition coefficient (Wildman–Crippen LogP) is 0.754. The molecule has 2 rings (SSSR count). The molecule has 1 fully saturated rings. The second-order valence-electron chi connectivity index (χ2n) is 5.81. The molecule has 0 aromatic carbocycles. The third-order valence-corrected chi connectivity index (χ3v) is 4.24. The number of likely N-dealkylation sites (tertiary alicyclic amines) is 1. The van der Waals surface area contributed by atoms with Crippen molar-refractivity contribution in [3.05, 3.63) is 17.5 Å². The Morgan fingerprint density at radius 1 is 1.48 bits per heavy atom. The van der Waals surface area contributed by atoms with Crippen molar-refractivity contribution in [1.29, 1.82) is 0 Å². The molecule has 0 bridgehead atoms. The van der Waals surface area contributed by atoms with Gasteiger partial charge in [0.2, 0.25) is 0 Å². The van der Waals surface area contributed by atoms with E-state index in [1.165, 1.54) is 12.8 Å². The molecule has 1 aromatic heterocycles. The number of nitrogens with zero attached hydrogens (tertiary/aromatic N) is 3. The maximum absolute atomic E-state index is 12.3. The first kappa shape index (κ1) is 16.0. The number of nitrogens with one attached hydrogen (secondary N) is 1. The van der Waals surface area contributed by atoms with Gasteiger partial charge in [0.15, 0.2) is 0 Å². The largest absolute Gasteiger partial charge is 0.350 e. The molecule has 6 nitrogen and oxygen atoms in total. The van der Waals surface area contributed by atoms with Gasteiger partial charge in [-0.3, -0.25) is 14.4 Å². The highest BCUT2D eigenvalue weighted by atomic mass is 16.1. The van der Waals surface area contributed by atoms with Crippen LogP contribution in [0.3, 0.4) is 0 Å². The van der Waals surface area contributed by atoms with Crippen LogP contribution in [0.5, 0.6) is 0 Å². The number of aromatic nitrogens is 2. The molecule has 0 saturated carbocycles. The second-order valence-corrected chi connectivity index (χ2v) is 5.81. The number of rotatable bonds is 7. The third-order valence-electron chi connectivity index (χ3n) is 4.24. The standard InChI is InChI=1S/C15H27N5O/c1-12(19-7-3-4-8-19)10-17-15(21)14-11-18-20(13(14)2)9-5-6-16/h11-12H,3-10,16H2,1-2H3,(H,17,21). The normalized spacial score (nSPS) is 17.1. The molecule has 1 amide bonds. The Kier molecular flexibility index (Phi) is 5.76. The van der Waals surface area contributed by atoms with E-state index >= 15 is 0 Å². The SMILES string of the molecule is Cc1c(C(=O)NCC(C)N2CCCC2)cnn1CCCN. The van der Waals surface area contributed by atoms with Gasteiger partial charge in [-0.25, -0.2) is 0 Å². The Morgan fingerprint density at radius 3 is 2.86 bits per heavy atom. The van der Waals surface area contributed by atoms with Crippen molar-refractivity contribution in [2.75, 3.05) is 26.2 Å². The first-order valence-electron chi connectivity index (χ1n) is 7.88. The topological polar surface area (TPSA) is 76.2 Å². The average Bonchev–Trinajstić information content (AvgIpc) is 3.12. The molecule has 0 aliphatic carbocycles. The van der Waals surface area contributed by atoms with Gasteiger partial charge in [0.1, 0.15) is 0 Å². The second kappa shape index (κ2) is 7.56. The molecule has 1 saturated heterocycles. The smallest absolute Gasteiger partial charge is 0.254 e. The van der Waals surface area contributed by atoms with Gasteiger partial charge in [-0.1, -0.05) is 0 Å². The summed E-state index contributed by atoms with van der Waals surface area (Å²) in [6.07, 6.45) is 5.06. The summed E-state index contributed by atoms with van der Waals surface area (Å²) < 4.78 is 1.85. The van der Waals surface area contributed by atoms with Crippen LogP contribution in [0.1, 0.15) is 42.2 Å². The summed E-state index contributed by atoms with van der Waals surface area (Å²) >= 11 is 0. The van der Waals surface area contributed by atoms with E-state index in [9.17, 15) is 4.79 Å². The van der Waals surface area contributed by atoms with Crippen molar-refractivity contribution in [3.8, 4) is 0 Å². The maximum Gasteiger partial charge on any atom is 0.254 e. The predicted molar refractivity (Wildman–Crippen MR) is 83.2 cm³/mol. The maximum atomic E-state index is 12.3. The van der Waals surface area contributed by atoms with Crippen molar-refractivity contribution >= 4 is 5.91 Å². The van der Waals surface area contributed by atoms with Crippen molar-refractivity contribution in [2.24, 2.45) is 5.73 Å². The molecule has 1 aliphatic rings. The fraction of sp³-hybridized carbons (Fsp3) is 0.733. The zero-order valence-corrected chi connectivity index (χ0v) is 13.1. The highest BCUT2D eigenvalue weighted by molar-refractivity contribution is 5.95. The highest BCUT2D eigenvalue weighted by Crippen LogP contribution is 2.11. The van der Waals surface area contributed by atoms with Gasteiger partial charge in [-0.2, -0.15) is 5.10 Å². The van der Waals surface area contributed by atoms with E-state index in [1.54, 1.807) is 6.20 Å². The molecule has 6 heteroatoms. The number of amides is 1. The van der Waals surface area contributed by atoms with Crippen molar-refractivity contribution < 1.29 is 4.79 Å². The Bertz CT molecular complexity index is 465. The summed E-state index contributed by atoms with van der Waals surface area (Å²) in [7, 11) is 0. The molecule has 2 heterocycles. The first-order chi connectivity index (χ1) is 10.1. The number of hydrogen-bond donors (Lipinski definition) is 2. The highest BCUT2D eigenvalue weighted by Gasteiger charge is 2.19. The molecule has 3 N–H and O–H groups in total. The van der Waals surface area contributed by atoms with Crippen LogP contribution in [0, 0.1) is 6.92 Å². The summed E-state index contributed by atoms with van der Waals surface area (Å²) in [5.74, 6) is -0.0301. The number of carbonyl (C=O) groups is 1. The quantitative estimate of drug-likeness (QED) is 0.778. The third kappa shape index (κ3) is 4.04. The van der Waals surface area contributed by atoms with Crippen LogP contribution in [0.2, 0.25) is 0 Å². The van der Waals surface area contributed by atoms with Gasteiger partial charge in [0.05, 0.1) is 11.8 Å². The van der Waals surface area contributed by atoms with Gasteiger partial charge >= 0.3 is 0 Å². The molecule has 1 aliphatic heterocycles. The van der Waals surface area contributed by atoms with E-state index in [-0.39, 0.29) is 5.91 Å². The van der Waals surface area contributed by atoms with Crippen LogP contribution < -0.4 is 11.1 Å². The summed E-state index contributed by atoms with van der Waals surface area (Å²) in [5, 5.41) is 7.30. The van der Waals surface area contributed by atoms with Crippen LogP contribution in [-0.4, -0.2) is 52.8 Å². The van der Waals surface area contributed by atoms with Crippen molar-refractivity contribution in [3.63, 3.8) is 0 Å². The molecular formula is C15H27N5O. The average molecular weight is 293 g/mol. The van der Waals surface area contributed by atoms with E-state index in [2.05, 4.69) is 22.2 Å². The fourth-order valence-corrected chi connectivity index (χ4v) is 2.78. The molecule has 0 spiro atoms. The lowest BCUT2D eigenvalue weighted by molar-refractivity contribution is 0.0939. The van der Waals surface area contributed by atoms with Gasteiger partial charge in [0, 0.05) is 24.8 Å². The van der Waals surface area contributed by atoms with Crippen LogP contribution in [0.25, 0.3) is 0 Å². The van der Waals surface area contributed by atoms with Gasteiger partial charge in [-0.15, -0.1) is 0 Å². The minimum Gasteiger partial charge on any atom is -0.350 e. The Balaban J connectivity index is 1.86. The van der Waals surface area contributed by atoms with Gasteiger partial charge < -0.3 is 11.1 Å². The Morgan fingerprint density at radius 2 is 2.19 bits per heavy atom. The minimum absolute atomic E-state index is 0.0301. The number of aryl methyl sites for hydroxylation is 1. The van der Waals surface area contributed by atoms with Gasteiger partial charge in [0.25, 0.3) is 5.91 Å². The van der Waals surface area contributed by atoms with E-state index in [0.717, 1.165) is 31.7 Å². The number of hydrogen-bond acceptors (Lipinski definition) is 4. The number of carbonyl (C=O) groups excluding carboxylic acids is 1. The molecule has 21 heavy (non-hydrogen) atoms. The van der Waals surface area contributed by atoms with E-state index in [4.69, 9.17) is 5.73 Å². The monoisotopic (exact) mass is 293 g/mol. The lowest BCUT2D eigenvalue weighted by Crippen LogP contribution is -2.40. The molecule has 1 atom stereocenters. The number of nitrogens with two attached hydrogens (primary N) is 1. The lowest BCUT2D eigenvalue weighted by atomic mass is 10.2. The first-order valence-corrected chi connectivity index (χ1v) is 7.88. The van der Waals surface area contributed by atoms with E-state index in [0.29, 0.717) is 24.7 Å². The Labute approximate surface area is 126 Å². The molecular weight excluding hydrogens is 266 g/mol. The van der Waals surface area contributed by atoms with Gasteiger partial charge in [-0.05, 0) is 52.7 Å². The van der Waals surface area contributed by atoms with Crippen LogP contribution in [-0.2, 0) is 6.54 Å². The van der Waals surface area contributed by atoms with E-state index in [1.807, 2.05) is 11.6 Å². The zero-order valence-electron chi connectivity index (χ0n) is 13.1. The van der Waals surface area contributed by atoms with E-state index < -0.39 is 0 Å². The summed E-state index contributed by atoms with van der Waals surface area (Å²) in [4.78, 5) is 14.7. The zero-order chi connectivity index (χ0) is 15.2. The molecule has 1 unspecified atom stereocenters. The van der Waals surface area contributed by atoms with Crippen LogP contribution >= 0.6 is 0 Å². The molecule has 1 aromatic rings. The molecule has 0 radical (unpaired) electrons. The van der Waals surface area contributed by atoms with Crippen molar-refractivity contribution in [2.45, 2.75) is 45.7 Å². The van der Waals surface area contributed by atoms with Crippen molar-refractivity contribution in [1.82, 2.24) is 20.0 Å². The summed E-state index contributed by atoms with van der Waals surface area (Å²) in [6, 6.07) is 0.393. The minimum atomic E-state index is -0.0301.